The predicted octanol–water partition coefficient (Wildman–Crippen LogP) is 3.47. The van der Waals surface area contributed by atoms with Crippen LogP contribution in [0, 0.1) is 5.92 Å². The summed E-state index contributed by atoms with van der Waals surface area (Å²) in [5.74, 6) is 2.43. The predicted molar refractivity (Wildman–Crippen MR) is 70.4 cm³/mol. The second-order valence-electron chi connectivity index (χ2n) is 4.92. The Kier molecular flexibility index (Phi) is 4.24. The average Bonchev–Trinajstić information content (AvgIpc) is 2.56. The third-order valence-corrected chi connectivity index (χ3v) is 3.67. The van der Waals surface area contributed by atoms with Gasteiger partial charge in [0.1, 0.15) is 0 Å². The van der Waals surface area contributed by atoms with Crippen LogP contribution < -0.4 is 10.1 Å². The van der Waals surface area contributed by atoms with E-state index in [1.807, 2.05) is 18.3 Å². The Morgan fingerprint density at radius 1 is 1.29 bits per heavy atom. The zero-order chi connectivity index (χ0) is 12.1. The molecule has 17 heavy (non-hydrogen) atoms. The van der Waals surface area contributed by atoms with Crippen LogP contribution in [0.25, 0.3) is 0 Å². The van der Waals surface area contributed by atoms with Crippen LogP contribution in [-0.2, 0) is 0 Å². The smallest absolute Gasteiger partial charge is 0.168 e. The molecule has 1 saturated carbocycles. The molecule has 0 saturated heterocycles. The molecule has 0 amide bonds. The molecule has 1 fully saturated rings. The maximum atomic E-state index is 5.33. The molecule has 1 aliphatic rings. The first-order valence-electron chi connectivity index (χ1n) is 6.57. The number of pyridine rings is 1. The van der Waals surface area contributed by atoms with Crippen LogP contribution in [0.2, 0.25) is 0 Å². The molecular formula is C14H22N2O. The summed E-state index contributed by atoms with van der Waals surface area (Å²) in [7, 11) is 1.69. The minimum Gasteiger partial charge on any atom is -0.493 e. The molecule has 0 bridgehead atoms. The molecule has 3 nitrogen and oxygen atoms in total. The van der Waals surface area contributed by atoms with Gasteiger partial charge in [-0.15, -0.1) is 0 Å². The minimum atomic E-state index is 0.529. The Morgan fingerprint density at radius 2 is 2.12 bits per heavy atom. The Morgan fingerprint density at radius 3 is 2.94 bits per heavy atom. The fourth-order valence-corrected chi connectivity index (χ4v) is 2.55. The lowest BCUT2D eigenvalue weighted by Gasteiger charge is -2.24. The van der Waals surface area contributed by atoms with E-state index in [0.717, 1.165) is 11.6 Å². The van der Waals surface area contributed by atoms with Crippen molar-refractivity contribution in [1.29, 1.82) is 0 Å². The van der Waals surface area contributed by atoms with Gasteiger partial charge in [0.05, 0.1) is 7.11 Å². The third kappa shape index (κ3) is 3.11. The van der Waals surface area contributed by atoms with Crippen molar-refractivity contribution < 1.29 is 4.74 Å². The highest BCUT2D eigenvalue weighted by atomic mass is 16.5. The van der Waals surface area contributed by atoms with Crippen molar-refractivity contribution in [1.82, 2.24) is 4.98 Å². The zero-order valence-electron chi connectivity index (χ0n) is 10.8. The van der Waals surface area contributed by atoms with Gasteiger partial charge in [0.2, 0.25) is 0 Å². The second kappa shape index (κ2) is 5.89. The van der Waals surface area contributed by atoms with Crippen LogP contribution >= 0.6 is 0 Å². The molecule has 0 aromatic carbocycles. The van der Waals surface area contributed by atoms with Crippen molar-refractivity contribution in [2.75, 3.05) is 12.4 Å². The monoisotopic (exact) mass is 234 g/mol. The normalized spacial score (nSPS) is 25.1. The van der Waals surface area contributed by atoms with Gasteiger partial charge in [-0.3, -0.25) is 0 Å². The van der Waals surface area contributed by atoms with E-state index in [2.05, 4.69) is 17.2 Å². The van der Waals surface area contributed by atoms with Crippen molar-refractivity contribution in [2.45, 2.75) is 45.1 Å². The molecule has 2 rings (SSSR count). The fraction of sp³-hybridized carbons (Fsp3) is 0.643. The van der Waals surface area contributed by atoms with Gasteiger partial charge in [-0.25, -0.2) is 4.98 Å². The van der Waals surface area contributed by atoms with E-state index in [0.29, 0.717) is 12.0 Å². The molecule has 1 heterocycles. The van der Waals surface area contributed by atoms with E-state index in [4.69, 9.17) is 4.74 Å². The topological polar surface area (TPSA) is 34.1 Å². The lowest BCUT2D eigenvalue weighted by Crippen LogP contribution is -2.26. The minimum absolute atomic E-state index is 0.529. The van der Waals surface area contributed by atoms with Crippen molar-refractivity contribution in [3.8, 4) is 5.75 Å². The Balaban J connectivity index is 2.07. The third-order valence-electron chi connectivity index (χ3n) is 3.67. The maximum absolute atomic E-state index is 5.33. The molecular weight excluding hydrogens is 212 g/mol. The van der Waals surface area contributed by atoms with Crippen LogP contribution in [0.4, 0.5) is 5.82 Å². The number of hydrogen-bond donors (Lipinski definition) is 1. The molecule has 2 atom stereocenters. The van der Waals surface area contributed by atoms with Gasteiger partial charge in [-0.05, 0) is 30.9 Å². The number of ether oxygens (including phenoxy) is 1. The largest absolute Gasteiger partial charge is 0.493 e. The van der Waals surface area contributed by atoms with E-state index < -0.39 is 0 Å². The SMILES string of the molecule is COc1cccnc1NC1CCCCCC1C. The summed E-state index contributed by atoms with van der Waals surface area (Å²) in [5, 5.41) is 3.55. The quantitative estimate of drug-likeness (QED) is 0.813. The molecule has 3 heteroatoms. The highest BCUT2D eigenvalue weighted by Gasteiger charge is 2.20. The Labute approximate surface area is 104 Å². The molecule has 1 aromatic heterocycles. The maximum Gasteiger partial charge on any atom is 0.168 e. The molecule has 1 aliphatic carbocycles. The van der Waals surface area contributed by atoms with Crippen molar-refractivity contribution >= 4 is 5.82 Å². The van der Waals surface area contributed by atoms with Crippen molar-refractivity contribution in [2.24, 2.45) is 5.92 Å². The summed E-state index contributed by atoms with van der Waals surface area (Å²) in [6, 6.07) is 4.39. The van der Waals surface area contributed by atoms with Gasteiger partial charge in [0.25, 0.3) is 0 Å². The summed E-state index contributed by atoms with van der Waals surface area (Å²) in [5.41, 5.74) is 0. The van der Waals surface area contributed by atoms with Gasteiger partial charge < -0.3 is 10.1 Å². The summed E-state index contributed by atoms with van der Waals surface area (Å²) < 4.78 is 5.33. The van der Waals surface area contributed by atoms with Gasteiger partial charge in [0.15, 0.2) is 11.6 Å². The molecule has 2 unspecified atom stereocenters. The molecule has 0 aliphatic heterocycles. The van der Waals surface area contributed by atoms with Crippen LogP contribution in [0.1, 0.15) is 39.0 Å². The number of nitrogens with one attached hydrogen (secondary N) is 1. The van der Waals surface area contributed by atoms with Crippen LogP contribution in [0.15, 0.2) is 18.3 Å². The molecule has 0 radical (unpaired) electrons. The van der Waals surface area contributed by atoms with E-state index in [1.165, 1.54) is 32.1 Å². The number of rotatable bonds is 3. The summed E-state index contributed by atoms with van der Waals surface area (Å²) in [4.78, 5) is 4.37. The van der Waals surface area contributed by atoms with E-state index in [9.17, 15) is 0 Å². The first-order valence-corrected chi connectivity index (χ1v) is 6.57. The van der Waals surface area contributed by atoms with Gasteiger partial charge >= 0.3 is 0 Å². The molecule has 1 N–H and O–H groups in total. The zero-order valence-corrected chi connectivity index (χ0v) is 10.8. The van der Waals surface area contributed by atoms with E-state index >= 15 is 0 Å². The highest BCUT2D eigenvalue weighted by molar-refractivity contribution is 5.50. The van der Waals surface area contributed by atoms with Gasteiger partial charge in [0, 0.05) is 12.2 Å². The summed E-state index contributed by atoms with van der Waals surface area (Å²) in [6.45, 7) is 2.33. The lowest BCUT2D eigenvalue weighted by atomic mass is 9.97. The van der Waals surface area contributed by atoms with Crippen molar-refractivity contribution in [3.05, 3.63) is 18.3 Å². The number of nitrogens with zero attached hydrogens (tertiary/aromatic N) is 1. The second-order valence-corrected chi connectivity index (χ2v) is 4.92. The average molecular weight is 234 g/mol. The summed E-state index contributed by atoms with van der Waals surface area (Å²) in [6.07, 6.45) is 8.40. The first kappa shape index (κ1) is 12.2. The van der Waals surface area contributed by atoms with Gasteiger partial charge in [-0.1, -0.05) is 26.2 Å². The Hall–Kier alpha value is -1.25. The molecule has 1 aromatic rings. The summed E-state index contributed by atoms with van der Waals surface area (Å²) >= 11 is 0. The lowest BCUT2D eigenvalue weighted by molar-refractivity contribution is 0.410. The number of aromatic nitrogens is 1. The molecule has 0 spiro atoms. The fourth-order valence-electron chi connectivity index (χ4n) is 2.55. The van der Waals surface area contributed by atoms with Crippen LogP contribution in [0.5, 0.6) is 5.75 Å². The Bertz CT molecular complexity index is 354. The molecule has 94 valence electrons. The van der Waals surface area contributed by atoms with Gasteiger partial charge in [-0.2, -0.15) is 0 Å². The first-order chi connectivity index (χ1) is 8.31. The highest BCUT2D eigenvalue weighted by Crippen LogP contribution is 2.28. The number of methoxy groups -OCH3 is 1. The van der Waals surface area contributed by atoms with E-state index in [1.54, 1.807) is 7.11 Å². The van der Waals surface area contributed by atoms with Crippen LogP contribution in [-0.4, -0.2) is 18.1 Å². The van der Waals surface area contributed by atoms with Crippen molar-refractivity contribution in [3.63, 3.8) is 0 Å². The van der Waals surface area contributed by atoms with E-state index in [-0.39, 0.29) is 0 Å². The number of hydrogen-bond acceptors (Lipinski definition) is 3. The standard InChI is InChI=1S/C14H22N2O/c1-11-7-4-3-5-8-12(11)16-14-13(17-2)9-6-10-15-14/h6,9-12H,3-5,7-8H2,1-2H3,(H,15,16). The van der Waals surface area contributed by atoms with Crippen LogP contribution in [0.3, 0.4) is 0 Å². The number of anilines is 1.